The number of halogens is 1. The molecule has 0 aromatic rings. The normalized spacial score (nSPS) is 25.3. The first-order valence-corrected chi connectivity index (χ1v) is 5.17. The van der Waals surface area contributed by atoms with Gasteiger partial charge in [-0.25, -0.2) is 0 Å². The van der Waals surface area contributed by atoms with Crippen LogP contribution in [0.5, 0.6) is 0 Å². The van der Waals surface area contributed by atoms with Gasteiger partial charge < -0.3 is 0 Å². The van der Waals surface area contributed by atoms with Crippen molar-refractivity contribution in [1.29, 1.82) is 0 Å². The highest BCUT2D eigenvalue weighted by molar-refractivity contribution is 6.29. The molecule has 0 aromatic carbocycles. The number of aliphatic imine (C=N–C) groups is 1. The molecule has 15 heavy (non-hydrogen) atoms. The molecule has 3 heteroatoms. The smallest absolute Gasteiger partial charge is 0.164 e. The van der Waals surface area contributed by atoms with E-state index in [0.717, 1.165) is 29.8 Å². The van der Waals surface area contributed by atoms with Gasteiger partial charge in [-0.2, -0.15) is 0 Å². The third kappa shape index (κ3) is 2.37. The largest absolute Gasteiger partial charge is 0.294 e. The van der Waals surface area contributed by atoms with E-state index in [1.54, 1.807) is 0 Å². The molecular weight excluding hydrogens is 210 g/mol. The number of nitrogens with zero attached hydrogens (tertiary/aromatic N) is 1. The zero-order valence-corrected chi connectivity index (χ0v) is 9.93. The molecule has 0 bridgehead atoms. The SMILES string of the molecule is CC1=CC(C)C=C2C(=O)CCCN=C12.Cl. The van der Waals surface area contributed by atoms with Crippen molar-refractivity contribution in [2.45, 2.75) is 26.7 Å². The quantitative estimate of drug-likeness (QED) is 0.623. The fraction of sp³-hybridized carbons (Fsp3) is 0.500. The van der Waals surface area contributed by atoms with Crippen LogP contribution in [0.2, 0.25) is 0 Å². The number of hydrogen-bond acceptors (Lipinski definition) is 2. The molecule has 1 atom stereocenters. The van der Waals surface area contributed by atoms with Gasteiger partial charge in [-0.1, -0.05) is 19.1 Å². The number of rotatable bonds is 0. The van der Waals surface area contributed by atoms with E-state index in [2.05, 4.69) is 18.0 Å². The molecular formula is C12H16ClNO. The molecule has 0 fully saturated rings. The van der Waals surface area contributed by atoms with Crippen molar-refractivity contribution in [1.82, 2.24) is 0 Å². The van der Waals surface area contributed by atoms with Crippen molar-refractivity contribution in [3.05, 3.63) is 23.3 Å². The van der Waals surface area contributed by atoms with Crippen LogP contribution >= 0.6 is 12.4 Å². The van der Waals surface area contributed by atoms with Gasteiger partial charge in [0.15, 0.2) is 5.78 Å². The summed E-state index contributed by atoms with van der Waals surface area (Å²) in [5, 5.41) is 0. The van der Waals surface area contributed by atoms with Crippen LogP contribution in [0.25, 0.3) is 0 Å². The number of fused-ring (bicyclic) bond motifs is 1. The van der Waals surface area contributed by atoms with Gasteiger partial charge in [0.2, 0.25) is 0 Å². The highest BCUT2D eigenvalue weighted by Crippen LogP contribution is 2.23. The van der Waals surface area contributed by atoms with Gasteiger partial charge in [0.1, 0.15) is 0 Å². The van der Waals surface area contributed by atoms with Crippen molar-refractivity contribution in [2.75, 3.05) is 6.54 Å². The molecule has 1 aliphatic carbocycles. The summed E-state index contributed by atoms with van der Waals surface area (Å²) in [5.41, 5.74) is 2.95. The summed E-state index contributed by atoms with van der Waals surface area (Å²) < 4.78 is 0. The van der Waals surface area contributed by atoms with Gasteiger partial charge in [-0.3, -0.25) is 9.79 Å². The first kappa shape index (κ1) is 12.2. The monoisotopic (exact) mass is 225 g/mol. The van der Waals surface area contributed by atoms with E-state index >= 15 is 0 Å². The van der Waals surface area contributed by atoms with Crippen LogP contribution in [-0.4, -0.2) is 18.0 Å². The summed E-state index contributed by atoms with van der Waals surface area (Å²) in [6.07, 6.45) is 5.75. The molecule has 0 aromatic heterocycles. The van der Waals surface area contributed by atoms with Gasteiger partial charge in [-0.15, -0.1) is 12.4 Å². The molecule has 0 saturated carbocycles. The molecule has 0 spiro atoms. The molecule has 0 N–H and O–H groups in total. The Labute approximate surface area is 96.6 Å². The fourth-order valence-electron chi connectivity index (χ4n) is 2.08. The molecule has 1 heterocycles. The molecule has 2 rings (SSSR count). The minimum absolute atomic E-state index is 0. The zero-order valence-electron chi connectivity index (χ0n) is 9.12. The topological polar surface area (TPSA) is 29.4 Å². The van der Waals surface area contributed by atoms with Gasteiger partial charge in [0, 0.05) is 18.5 Å². The summed E-state index contributed by atoms with van der Waals surface area (Å²) in [5.74, 6) is 0.631. The van der Waals surface area contributed by atoms with E-state index in [9.17, 15) is 4.79 Å². The van der Waals surface area contributed by atoms with E-state index in [-0.39, 0.29) is 18.2 Å². The van der Waals surface area contributed by atoms with Gasteiger partial charge in [0.05, 0.1) is 5.71 Å². The second kappa shape index (κ2) is 4.75. The van der Waals surface area contributed by atoms with Crippen LogP contribution < -0.4 is 0 Å². The van der Waals surface area contributed by atoms with E-state index < -0.39 is 0 Å². The van der Waals surface area contributed by atoms with Gasteiger partial charge in [0.25, 0.3) is 0 Å². The Balaban J connectivity index is 0.00000112. The number of allylic oxidation sites excluding steroid dienone is 4. The molecule has 82 valence electrons. The maximum Gasteiger partial charge on any atom is 0.164 e. The van der Waals surface area contributed by atoms with Crippen LogP contribution in [0.1, 0.15) is 26.7 Å². The fourth-order valence-corrected chi connectivity index (χ4v) is 2.08. The lowest BCUT2D eigenvalue weighted by Crippen LogP contribution is -2.17. The number of carbonyl (C=O) groups excluding carboxylic acids is 1. The second-order valence-electron chi connectivity index (χ2n) is 4.05. The van der Waals surface area contributed by atoms with Gasteiger partial charge in [-0.05, 0) is 24.8 Å². The maximum atomic E-state index is 11.8. The van der Waals surface area contributed by atoms with Crippen LogP contribution in [0.4, 0.5) is 0 Å². The molecule has 2 nitrogen and oxygen atoms in total. The van der Waals surface area contributed by atoms with Crippen molar-refractivity contribution in [2.24, 2.45) is 10.9 Å². The Morgan fingerprint density at radius 1 is 1.40 bits per heavy atom. The minimum Gasteiger partial charge on any atom is -0.294 e. The zero-order chi connectivity index (χ0) is 10.1. The number of Topliss-reactive ketones (excluding diaryl/α,β-unsaturated/α-hetero) is 1. The second-order valence-corrected chi connectivity index (χ2v) is 4.05. The molecule has 0 saturated heterocycles. The standard InChI is InChI=1S/C12H15NO.ClH/c1-8-6-9(2)12-10(7-8)11(14)4-3-5-13-12;/h6-8H,3-5H2,1-2H3;1H. The highest BCUT2D eigenvalue weighted by Gasteiger charge is 2.23. The van der Waals surface area contributed by atoms with Gasteiger partial charge >= 0.3 is 0 Å². The average molecular weight is 226 g/mol. The maximum absolute atomic E-state index is 11.8. The molecule has 2 aliphatic rings. The lowest BCUT2D eigenvalue weighted by atomic mass is 9.88. The molecule has 1 aliphatic heterocycles. The lowest BCUT2D eigenvalue weighted by Gasteiger charge is -2.16. The Kier molecular flexibility index (Phi) is 3.86. The van der Waals surface area contributed by atoms with Crippen molar-refractivity contribution < 1.29 is 4.79 Å². The summed E-state index contributed by atoms with van der Waals surface area (Å²) in [7, 11) is 0. The predicted molar refractivity (Wildman–Crippen MR) is 64.8 cm³/mol. The highest BCUT2D eigenvalue weighted by atomic mass is 35.5. The summed E-state index contributed by atoms with van der Waals surface area (Å²) >= 11 is 0. The van der Waals surface area contributed by atoms with Crippen molar-refractivity contribution in [3.63, 3.8) is 0 Å². The van der Waals surface area contributed by atoms with Crippen LogP contribution in [0.3, 0.4) is 0 Å². The Morgan fingerprint density at radius 3 is 2.87 bits per heavy atom. The van der Waals surface area contributed by atoms with E-state index in [0.29, 0.717) is 12.3 Å². The molecule has 0 amide bonds. The first-order valence-electron chi connectivity index (χ1n) is 5.17. The number of carbonyl (C=O) groups is 1. The van der Waals surface area contributed by atoms with E-state index in [4.69, 9.17) is 0 Å². The Morgan fingerprint density at radius 2 is 2.13 bits per heavy atom. The summed E-state index contributed by atoms with van der Waals surface area (Å²) in [6.45, 7) is 4.93. The lowest BCUT2D eigenvalue weighted by molar-refractivity contribution is -0.115. The van der Waals surface area contributed by atoms with Crippen LogP contribution in [0, 0.1) is 5.92 Å². The van der Waals surface area contributed by atoms with Crippen LogP contribution in [-0.2, 0) is 4.79 Å². The van der Waals surface area contributed by atoms with E-state index in [1.165, 1.54) is 0 Å². The Bertz CT molecular complexity index is 366. The molecule has 1 unspecified atom stereocenters. The third-order valence-corrected chi connectivity index (χ3v) is 2.70. The third-order valence-electron chi connectivity index (χ3n) is 2.70. The average Bonchev–Trinajstić information content (AvgIpc) is 2.29. The minimum atomic E-state index is 0. The summed E-state index contributed by atoms with van der Waals surface area (Å²) in [6, 6.07) is 0. The number of ketones is 1. The van der Waals surface area contributed by atoms with Crippen LogP contribution in [0.15, 0.2) is 28.3 Å². The van der Waals surface area contributed by atoms with Crippen molar-refractivity contribution >= 4 is 23.9 Å². The molecule has 0 radical (unpaired) electrons. The van der Waals surface area contributed by atoms with E-state index in [1.807, 2.05) is 13.0 Å². The number of hydrogen-bond donors (Lipinski definition) is 0. The summed E-state index contributed by atoms with van der Waals surface area (Å²) in [4.78, 5) is 16.2. The first-order chi connectivity index (χ1) is 6.68. The van der Waals surface area contributed by atoms with Crippen molar-refractivity contribution in [3.8, 4) is 0 Å². The Hall–Kier alpha value is -0.890. The predicted octanol–water partition coefficient (Wildman–Crippen LogP) is 2.73.